The number of rotatable bonds is 2. The minimum absolute atomic E-state index is 0.0335. The number of hydrogen-bond acceptors (Lipinski definition) is 4. The molecule has 124 valence electrons. The molecule has 2 heterocycles. The molecule has 0 unspecified atom stereocenters. The molecule has 0 aromatic heterocycles. The van der Waals surface area contributed by atoms with E-state index in [9.17, 15) is 4.79 Å². The highest BCUT2D eigenvalue weighted by Crippen LogP contribution is 2.55. The van der Waals surface area contributed by atoms with E-state index in [4.69, 9.17) is 14.2 Å². The molecule has 2 bridgehead atoms. The largest absolute Gasteiger partial charge is 0.497 e. The quantitative estimate of drug-likeness (QED) is 0.838. The van der Waals surface area contributed by atoms with Gasteiger partial charge in [0.15, 0.2) is 0 Å². The fourth-order valence-electron chi connectivity index (χ4n) is 4.66. The molecule has 1 saturated carbocycles. The van der Waals surface area contributed by atoms with Crippen LogP contribution in [0.25, 0.3) is 0 Å². The molecule has 3 fully saturated rings. The Hall–Kier alpha value is -1.59. The molecule has 2 saturated heterocycles. The van der Waals surface area contributed by atoms with Crippen molar-refractivity contribution in [1.82, 2.24) is 4.90 Å². The van der Waals surface area contributed by atoms with Crippen LogP contribution in [0.2, 0.25) is 0 Å². The van der Waals surface area contributed by atoms with Gasteiger partial charge in [0.05, 0.1) is 25.7 Å². The van der Waals surface area contributed by atoms with E-state index in [-0.39, 0.29) is 11.9 Å². The fraction of sp³-hybridized carbons (Fsp3) is 0.611. The second kappa shape index (κ2) is 5.21. The number of hydrogen-bond donors (Lipinski definition) is 0. The lowest BCUT2D eigenvalue weighted by Crippen LogP contribution is -2.70. The summed E-state index contributed by atoms with van der Waals surface area (Å²) in [5.74, 6) is -0.405. The van der Waals surface area contributed by atoms with Gasteiger partial charge in [-0.3, -0.25) is 4.79 Å². The molecule has 1 aromatic carbocycles. The predicted molar refractivity (Wildman–Crippen MR) is 84.3 cm³/mol. The molecule has 3 aliphatic rings. The SMILES string of the molecule is COc1cccc([C@@]23CCC[C@@H](C2)N(C)C(=O)C32OCCO2)c1. The Morgan fingerprint density at radius 3 is 2.83 bits per heavy atom. The Kier molecular flexibility index (Phi) is 3.39. The van der Waals surface area contributed by atoms with Gasteiger partial charge in [-0.15, -0.1) is 0 Å². The molecule has 2 atom stereocenters. The zero-order valence-electron chi connectivity index (χ0n) is 13.7. The molecule has 1 aliphatic carbocycles. The highest BCUT2D eigenvalue weighted by molar-refractivity contribution is 5.88. The molecule has 2 aliphatic heterocycles. The first-order chi connectivity index (χ1) is 11.1. The number of benzene rings is 1. The molecule has 4 rings (SSSR count). The number of amides is 1. The maximum absolute atomic E-state index is 13.1. The van der Waals surface area contributed by atoms with E-state index < -0.39 is 11.2 Å². The van der Waals surface area contributed by atoms with Crippen molar-refractivity contribution in [1.29, 1.82) is 0 Å². The molecule has 1 aromatic rings. The number of likely N-dealkylation sites (tertiary alicyclic amines) is 1. The topological polar surface area (TPSA) is 48.0 Å². The van der Waals surface area contributed by atoms with Crippen LogP contribution in [0.5, 0.6) is 5.75 Å². The maximum atomic E-state index is 13.1. The summed E-state index contributed by atoms with van der Waals surface area (Å²) in [7, 11) is 3.54. The Morgan fingerprint density at radius 2 is 2.09 bits per heavy atom. The lowest BCUT2D eigenvalue weighted by atomic mass is 9.59. The number of piperidine rings is 1. The maximum Gasteiger partial charge on any atom is 0.283 e. The van der Waals surface area contributed by atoms with Gasteiger partial charge in [-0.25, -0.2) is 0 Å². The second-order valence-corrected chi connectivity index (χ2v) is 6.79. The Morgan fingerprint density at radius 1 is 1.30 bits per heavy atom. The predicted octanol–water partition coefficient (Wildman–Crippen LogP) is 2.09. The lowest BCUT2D eigenvalue weighted by molar-refractivity contribution is -0.242. The first-order valence-electron chi connectivity index (χ1n) is 8.33. The molecule has 0 radical (unpaired) electrons. The Bertz CT molecular complexity index is 625. The van der Waals surface area contributed by atoms with Gasteiger partial charge >= 0.3 is 0 Å². The van der Waals surface area contributed by atoms with Crippen molar-refractivity contribution < 1.29 is 19.0 Å². The van der Waals surface area contributed by atoms with Gasteiger partial charge in [0, 0.05) is 13.1 Å². The van der Waals surface area contributed by atoms with Crippen LogP contribution in [0.3, 0.4) is 0 Å². The van der Waals surface area contributed by atoms with Crippen molar-refractivity contribution in [2.24, 2.45) is 0 Å². The lowest BCUT2D eigenvalue weighted by Gasteiger charge is -2.56. The van der Waals surface area contributed by atoms with Crippen LogP contribution >= 0.6 is 0 Å². The summed E-state index contributed by atoms with van der Waals surface area (Å²) < 4.78 is 17.5. The summed E-state index contributed by atoms with van der Waals surface area (Å²) in [6.45, 7) is 0.936. The van der Waals surface area contributed by atoms with E-state index in [2.05, 4.69) is 6.07 Å². The third kappa shape index (κ3) is 1.90. The Balaban J connectivity index is 1.89. The van der Waals surface area contributed by atoms with E-state index in [0.717, 1.165) is 37.0 Å². The first-order valence-corrected chi connectivity index (χ1v) is 8.33. The standard InChI is InChI=1S/C18H23NO4/c1-19-14-6-4-8-17(12-14,13-5-3-7-15(11-13)21-2)18(16(19)20)22-9-10-23-18/h3,5,7,11,14H,4,6,8-10,12H2,1-2H3/t14-,17+/m0/s1. The number of methoxy groups -OCH3 is 1. The number of fused-ring (bicyclic) bond motifs is 3. The summed E-state index contributed by atoms with van der Waals surface area (Å²) >= 11 is 0. The highest BCUT2D eigenvalue weighted by atomic mass is 16.7. The normalized spacial score (nSPS) is 32.3. The summed E-state index contributed by atoms with van der Waals surface area (Å²) in [6, 6.07) is 8.28. The third-order valence-corrected chi connectivity index (χ3v) is 5.82. The zero-order valence-corrected chi connectivity index (χ0v) is 13.7. The van der Waals surface area contributed by atoms with Crippen molar-refractivity contribution in [3.63, 3.8) is 0 Å². The van der Waals surface area contributed by atoms with Crippen molar-refractivity contribution in [2.45, 2.75) is 42.9 Å². The van der Waals surface area contributed by atoms with E-state index in [1.165, 1.54) is 0 Å². The van der Waals surface area contributed by atoms with Crippen molar-refractivity contribution >= 4 is 5.91 Å². The number of carbonyl (C=O) groups is 1. The Labute approximate surface area is 136 Å². The van der Waals surface area contributed by atoms with Crippen LogP contribution in [0, 0.1) is 0 Å². The molecular weight excluding hydrogens is 294 g/mol. The van der Waals surface area contributed by atoms with E-state index in [0.29, 0.717) is 13.2 Å². The van der Waals surface area contributed by atoms with Crippen LogP contribution in [0.4, 0.5) is 0 Å². The van der Waals surface area contributed by atoms with Gasteiger partial charge in [-0.05, 0) is 37.0 Å². The van der Waals surface area contributed by atoms with Crippen molar-refractivity contribution in [3.8, 4) is 5.75 Å². The first kappa shape index (κ1) is 15.0. The molecule has 0 N–H and O–H groups in total. The molecule has 5 heteroatoms. The van der Waals surface area contributed by atoms with Gasteiger partial charge in [-0.1, -0.05) is 18.6 Å². The molecule has 5 nitrogen and oxygen atoms in total. The zero-order chi connectivity index (χ0) is 16.1. The van der Waals surface area contributed by atoms with E-state index in [1.54, 1.807) is 7.11 Å². The smallest absolute Gasteiger partial charge is 0.283 e. The summed E-state index contributed by atoms with van der Waals surface area (Å²) in [5, 5.41) is 0. The second-order valence-electron chi connectivity index (χ2n) is 6.79. The molecular formula is C18H23NO4. The van der Waals surface area contributed by atoms with Crippen LogP contribution < -0.4 is 4.74 Å². The van der Waals surface area contributed by atoms with Crippen LogP contribution in [-0.4, -0.2) is 50.0 Å². The molecule has 1 spiro atoms. The van der Waals surface area contributed by atoms with Gasteiger partial charge in [-0.2, -0.15) is 0 Å². The third-order valence-electron chi connectivity index (χ3n) is 5.82. The van der Waals surface area contributed by atoms with Crippen molar-refractivity contribution in [2.75, 3.05) is 27.4 Å². The van der Waals surface area contributed by atoms with Gasteiger partial charge < -0.3 is 19.1 Å². The van der Waals surface area contributed by atoms with Crippen molar-refractivity contribution in [3.05, 3.63) is 29.8 Å². The van der Waals surface area contributed by atoms with Crippen LogP contribution in [0.15, 0.2) is 24.3 Å². The molecule has 1 amide bonds. The minimum Gasteiger partial charge on any atom is -0.497 e. The summed E-state index contributed by atoms with van der Waals surface area (Å²) in [5.41, 5.74) is 0.662. The van der Waals surface area contributed by atoms with E-state index >= 15 is 0 Å². The average molecular weight is 317 g/mol. The van der Waals surface area contributed by atoms with Gasteiger partial charge in [0.25, 0.3) is 11.7 Å². The summed E-state index contributed by atoms with van der Waals surface area (Å²) in [6.07, 6.45) is 3.89. The van der Waals surface area contributed by atoms with E-state index in [1.807, 2.05) is 30.1 Å². The van der Waals surface area contributed by atoms with Crippen LogP contribution in [-0.2, 0) is 19.7 Å². The number of carbonyl (C=O) groups excluding carboxylic acids is 1. The van der Waals surface area contributed by atoms with Gasteiger partial charge in [0.2, 0.25) is 0 Å². The monoisotopic (exact) mass is 317 g/mol. The van der Waals surface area contributed by atoms with Crippen LogP contribution in [0.1, 0.15) is 31.2 Å². The fourth-order valence-corrected chi connectivity index (χ4v) is 4.66. The number of likely N-dealkylation sites (N-methyl/N-ethyl adjacent to an activating group) is 1. The van der Waals surface area contributed by atoms with Gasteiger partial charge in [0.1, 0.15) is 5.75 Å². The number of nitrogens with zero attached hydrogens (tertiary/aromatic N) is 1. The average Bonchev–Trinajstić information content (AvgIpc) is 3.10. The highest BCUT2D eigenvalue weighted by Gasteiger charge is 2.67. The summed E-state index contributed by atoms with van der Waals surface area (Å²) in [4.78, 5) is 15.0. The minimum atomic E-state index is -1.18. The number of ether oxygens (including phenoxy) is 3. The molecule has 23 heavy (non-hydrogen) atoms.